The van der Waals surface area contributed by atoms with Crippen LogP contribution in [-0.2, 0) is 16.6 Å². The van der Waals surface area contributed by atoms with Crippen LogP contribution in [0.3, 0.4) is 0 Å². The van der Waals surface area contributed by atoms with Gasteiger partial charge in [-0.3, -0.25) is 4.79 Å². The van der Waals surface area contributed by atoms with Crippen molar-refractivity contribution in [3.05, 3.63) is 57.3 Å². The van der Waals surface area contributed by atoms with Gasteiger partial charge in [-0.05, 0) is 50.3 Å². The van der Waals surface area contributed by atoms with Crippen LogP contribution in [0.2, 0.25) is 0 Å². The Bertz CT molecular complexity index is 900. The molecule has 0 unspecified atom stereocenters. The Morgan fingerprint density at radius 3 is 2.70 bits per heavy atom. The molecule has 4 rings (SSSR count). The molecule has 0 atom stereocenters. The third-order valence-electron chi connectivity index (χ3n) is 6.23. The van der Waals surface area contributed by atoms with Crippen LogP contribution in [0.4, 0.5) is 5.69 Å². The summed E-state index contributed by atoms with van der Waals surface area (Å²) < 4.78 is 0. The number of para-hydroxylation sites is 1. The zero-order valence-electron chi connectivity index (χ0n) is 16.0. The van der Waals surface area contributed by atoms with Crippen LogP contribution in [0, 0.1) is 13.8 Å². The minimum Gasteiger partial charge on any atom is -0.384 e. The average Bonchev–Trinajstić information content (AvgIpc) is 3.00. The van der Waals surface area contributed by atoms with Gasteiger partial charge in [-0.15, -0.1) is 0 Å². The summed E-state index contributed by atoms with van der Waals surface area (Å²) in [5, 5.41) is 3.53. The predicted molar refractivity (Wildman–Crippen MR) is 105 cm³/mol. The summed E-state index contributed by atoms with van der Waals surface area (Å²) in [6.45, 7) is 6.27. The van der Waals surface area contributed by atoms with Crippen LogP contribution in [0.15, 0.2) is 29.1 Å². The quantitative estimate of drug-likeness (QED) is 0.874. The molecule has 0 saturated carbocycles. The number of nitrogens with one attached hydrogen (secondary N) is 2. The number of aryl methyl sites for hydroxylation is 2. The van der Waals surface area contributed by atoms with E-state index in [-0.39, 0.29) is 17.0 Å². The fraction of sp³-hybridized carbons (Fsp3) is 0.476. The fourth-order valence-electron chi connectivity index (χ4n) is 4.60. The van der Waals surface area contributed by atoms with Crippen molar-refractivity contribution in [3.8, 4) is 0 Å². The first-order chi connectivity index (χ1) is 13.0. The van der Waals surface area contributed by atoms with Gasteiger partial charge in [0.15, 0.2) is 0 Å². The number of aromatic nitrogens is 2. The molecule has 2 aliphatic heterocycles. The molecule has 1 fully saturated rings. The van der Waals surface area contributed by atoms with E-state index in [1.807, 2.05) is 18.7 Å². The van der Waals surface area contributed by atoms with Gasteiger partial charge in [0.05, 0.1) is 0 Å². The second-order valence-corrected chi connectivity index (χ2v) is 7.79. The second-order valence-electron chi connectivity index (χ2n) is 7.79. The number of rotatable bonds is 3. The van der Waals surface area contributed by atoms with Gasteiger partial charge in [0, 0.05) is 48.5 Å². The summed E-state index contributed by atoms with van der Waals surface area (Å²) in [6.07, 6.45) is 3.07. The van der Waals surface area contributed by atoms with Gasteiger partial charge in [0.2, 0.25) is 5.91 Å². The first kappa shape index (κ1) is 17.8. The van der Waals surface area contributed by atoms with Gasteiger partial charge in [0.1, 0.15) is 0 Å². The zero-order valence-corrected chi connectivity index (χ0v) is 16.0. The minimum absolute atomic E-state index is 0.170. The average molecular weight is 366 g/mol. The molecule has 3 heterocycles. The minimum atomic E-state index is -0.327. The third kappa shape index (κ3) is 3.24. The van der Waals surface area contributed by atoms with E-state index in [4.69, 9.17) is 0 Å². The van der Waals surface area contributed by atoms with E-state index in [0.29, 0.717) is 12.8 Å². The number of anilines is 1. The molecular formula is C21H26N4O2. The molecule has 0 radical (unpaired) electrons. The smallest absolute Gasteiger partial charge is 0.345 e. The van der Waals surface area contributed by atoms with Crippen molar-refractivity contribution in [1.82, 2.24) is 14.9 Å². The van der Waals surface area contributed by atoms with Gasteiger partial charge < -0.3 is 15.2 Å². The highest BCUT2D eigenvalue weighted by Crippen LogP contribution is 2.43. The van der Waals surface area contributed by atoms with Crippen LogP contribution >= 0.6 is 0 Å². The monoisotopic (exact) mass is 366 g/mol. The predicted octanol–water partition coefficient (Wildman–Crippen LogP) is 2.31. The lowest BCUT2D eigenvalue weighted by molar-refractivity contribution is -0.132. The molecule has 6 heteroatoms. The van der Waals surface area contributed by atoms with Crippen LogP contribution in [0.25, 0.3) is 0 Å². The Morgan fingerprint density at radius 1 is 1.22 bits per heavy atom. The van der Waals surface area contributed by atoms with Crippen molar-refractivity contribution in [2.24, 2.45) is 0 Å². The van der Waals surface area contributed by atoms with Crippen LogP contribution in [0.1, 0.15) is 41.8 Å². The zero-order chi connectivity index (χ0) is 19.0. The molecule has 6 nitrogen and oxygen atoms in total. The van der Waals surface area contributed by atoms with E-state index in [1.165, 1.54) is 11.3 Å². The molecule has 27 heavy (non-hydrogen) atoms. The van der Waals surface area contributed by atoms with Gasteiger partial charge in [-0.1, -0.05) is 18.2 Å². The lowest BCUT2D eigenvalue weighted by Gasteiger charge is -2.39. The first-order valence-electron chi connectivity index (χ1n) is 9.66. The fourth-order valence-corrected chi connectivity index (χ4v) is 4.60. The van der Waals surface area contributed by atoms with Crippen LogP contribution < -0.4 is 11.0 Å². The van der Waals surface area contributed by atoms with E-state index < -0.39 is 0 Å². The molecule has 1 aromatic carbocycles. The second kappa shape index (κ2) is 6.83. The number of H-pyrrole nitrogens is 1. The number of amides is 1. The molecule has 2 N–H and O–H groups in total. The highest BCUT2D eigenvalue weighted by Gasteiger charge is 2.41. The summed E-state index contributed by atoms with van der Waals surface area (Å²) in [5.74, 6) is 0.189. The lowest BCUT2D eigenvalue weighted by atomic mass is 9.74. The molecule has 1 aromatic heterocycles. The van der Waals surface area contributed by atoms with Gasteiger partial charge >= 0.3 is 5.69 Å². The number of carbonyl (C=O) groups is 1. The van der Waals surface area contributed by atoms with Crippen molar-refractivity contribution in [2.45, 2.75) is 44.9 Å². The van der Waals surface area contributed by atoms with Crippen molar-refractivity contribution in [3.63, 3.8) is 0 Å². The number of hydrogen-bond donors (Lipinski definition) is 2. The highest BCUT2D eigenvalue weighted by atomic mass is 16.2. The summed E-state index contributed by atoms with van der Waals surface area (Å²) in [5.41, 5.74) is 5.00. The van der Waals surface area contributed by atoms with E-state index in [0.717, 1.165) is 49.4 Å². The summed E-state index contributed by atoms with van der Waals surface area (Å²) in [6, 6.07) is 8.54. The molecule has 0 aliphatic carbocycles. The number of fused-ring (bicyclic) bond motifs is 2. The number of benzene rings is 1. The number of piperidine rings is 1. The lowest BCUT2D eigenvalue weighted by Crippen LogP contribution is -2.46. The molecule has 1 spiro atoms. The Labute approximate surface area is 159 Å². The topological polar surface area (TPSA) is 78.1 Å². The van der Waals surface area contributed by atoms with E-state index >= 15 is 0 Å². The van der Waals surface area contributed by atoms with Crippen molar-refractivity contribution in [2.75, 3.05) is 25.0 Å². The van der Waals surface area contributed by atoms with Crippen molar-refractivity contribution < 1.29 is 4.79 Å². The van der Waals surface area contributed by atoms with Gasteiger partial charge in [-0.25, -0.2) is 4.79 Å². The van der Waals surface area contributed by atoms with Crippen molar-refractivity contribution >= 4 is 11.6 Å². The van der Waals surface area contributed by atoms with E-state index in [2.05, 4.69) is 39.6 Å². The number of aromatic amines is 1. The number of nitrogens with zero attached hydrogens (tertiary/aromatic N) is 2. The van der Waals surface area contributed by atoms with Crippen molar-refractivity contribution in [1.29, 1.82) is 0 Å². The van der Waals surface area contributed by atoms with Gasteiger partial charge in [-0.2, -0.15) is 4.98 Å². The summed E-state index contributed by atoms with van der Waals surface area (Å²) in [7, 11) is 0. The van der Waals surface area contributed by atoms with E-state index in [9.17, 15) is 9.59 Å². The first-order valence-corrected chi connectivity index (χ1v) is 9.66. The standard InChI is InChI=1S/C21H26N4O2/c1-14-16(15(2)24-20(27)23-14)7-8-19(26)25-11-9-21(10-12-25)13-22-18-6-4-3-5-17(18)21/h3-6,22H,7-13H2,1-2H3,(H,23,24,27). The number of hydrogen-bond acceptors (Lipinski definition) is 4. The Hall–Kier alpha value is -2.63. The van der Waals surface area contributed by atoms with Gasteiger partial charge in [0.25, 0.3) is 0 Å². The summed E-state index contributed by atoms with van der Waals surface area (Å²) >= 11 is 0. The Morgan fingerprint density at radius 2 is 1.96 bits per heavy atom. The maximum absolute atomic E-state index is 12.7. The molecule has 0 bridgehead atoms. The molecule has 2 aliphatic rings. The molecule has 142 valence electrons. The molecular weight excluding hydrogens is 340 g/mol. The molecule has 1 amide bonds. The van der Waals surface area contributed by atoms with Crippen LogP contribution in [-0.4, -0.2) is 40.4 Å². The Balaban J connectivity index is 1.38. The SMILES string of the molecule is Cc1nc(=O)[nH]c(C)c1CCC(=O)N1CCC2(CC1)CNc1ccccc12. The Kier molecular flexibility index (Phi) is 4.50. The molecule has 2 aromatic rings. The normalized spacial score (nSPS) is 17.6. The summed E-state index contributed by atoms with van der Waals surface area (Å²) in [4.78, 5) is 32.8. The number of carbonyl (C=O) groups excluding carboxylic acids is 1. The maximum atomic E-state index is 12.7. The molecule has 1 saturated heterocycles. The van der Waals surface area contributed by atoms with E-state index in [1.54, 1.807) is 0 Å². The largest absolute Gasteiger partial charge is 0.384 e. The van der Waals surface area contributed by atoms with Crippen LogP contribution in [0.5, 0.6) is 0 Å². The maximum Gasteiger partial charge on any atom is 0.345 e. The third-order valence-corrected chi connectivity index (χ3v) is 6.23. The number of likely N-dealkylation sites (tertiary alicyclic amines) is 1. The highest BCUT2D eigenvalue weighted by molar-refractivity contribution is 5.77.